The van der Waals surface area contributed by atoms with Crippen LogP contribution in [-0.4, -0.2) is 47.5 Å². The molecule has 7 nitrogen and oxygen atoms in total. The molecule has 7 heteroatoms. The van der Waals surface area contributed by atoms with Crippen LogP contribution >= 0.6 is 0 Å². The van der Waals surface area contributed by atoms with E-state index in [-0.39, 0.29) is 24.9 Å². The van der Waals surface area contributed by atoms with Crippen LogP contribution in [0.3, 0.4) is 0 Å². The smallest absolute Gasteiger partial charge is 0.411 e. The summed E-state index contributed by atoms with van der Waals surface area (Å²) in [6.07, 6.45) is 1.07. The molecule has 27 heavy (non-hydrogen) atoms. The maximum absolute atomic E-state index is 12.7. The maximum atomic E-state index is 12.7. The number of hydrogen-bond acceptors (Lipinski definition) is 4. The Bertz CT molecular complexity index is 724. The minimum atomic E-state index is -0.662. The van der Waals surface area contributed by atoms with Gasteiger partial charge in [-0.25, -0.2) is 4.79 Å². The molecule has 0 fully saturated rings. The van der Waals surface area contributed by atoms with Gasteiger partial charge in [0.05, 0.1) is 6.54 Å². The predicted octanol–water partition coefficient (Wildman–Crippen LogP) is 1.77. The van der Waals surface area contributed by atoms with Gasteiger partial charge >= 0.3 is 6.09 Å². The molecule has 1 aromatic carbocycles. The highest BCUT2D eigenvalue weighted by Gasteiger charge is 2.36. The molecule has 0 spiro atoms. The molecule has 0 saturated carbocycles. The van der Waals surface area contributed by atoms with Crippen molar-refractivity contribution in [2.24, 2.45) is 0 Å². The Morgan fingerprint density at radius 1 is 1.19 bits per heavy atom. The molecule has 1 aromatic rings. The summed E-state index contributed by atoms with van der Waals surface area (Å²) in [5, 5.41) is 5.37. The topological polar surface area (TPSA) is 87.7 Å². The summed E-state index contributed by atoms with van der Waals surface area (Å²) < 4.78 is 5.48. The first-order valence-corrected chi connectivity index (χ1v) is 8.95. The van der Waals surface area contributed by atoms with Gasteiger partial charge in [-0.15, -0.1) is 0 Å². The van der Waals surface area contributed by atoms with Gasteiger partial charge in [-0.05, 0) is 38.0 Å². The largest absolute Gasteiger partial charge is 0.444 e. The molecule has 0 aromatic heterocycles. The van der Waals surface area contributed by atoms with E-state index in [1.807, 2.05) is 24.3 Å². The lowest BCUT2D eigenvalue weighted by Gasteiger charge is -2.36. The molecular weight excluding hydrogens is 346 g/mol. The van der Waals surface area contributed by atoms with Crippen LogP contribution in [0, 0.1) is 0 Å². The molecule has 0 radical (unpaired) electrons. The number of benzene rings is 1. The molecule has 3 amide bonds. The molecule has 1 heterocycles. The van der Waals surface area contributed by atoms with E-state index >= 15 is 0 Å². The van der Waals surface area contributed by atoms with Crippen LogP contribution < -0.4 is 10.6 Å². The van der Waals surface area contributed by atoms with Gasteiger partial charge in [-0.1, -0.05) is 30.8 Å². The maximum Gasteiger partial charge on any atom is 0.411 e. The number of rotatable bonds is 5. The molecule has 2 rings (SSSR count). The summed E-state index contributed by atoms with van der Waals surface area (Å²) in [6.45, 7) is 9.61. The van der Waals surface area contributed by atoms with E-state index < -0.39 is 17.7 Å². The SMILES string of the molecule is C=CC(=O)NCCNC(=O)[C@H]1Cc2ccccc2CN1C(=O)OC(C)(C)C. The van der Waals surface area contributed by atoms with Gasteiger partial charge in [0, 0.05) is 19.5 Å². The number of amides is 3. The zero-order valence-electron chi connectivity index (χ0n) is 16.1. The Morgan fingerprint density at radius 3 is 2.44 bits per heavy atom. The highest BCUT2D eigenvalue weighted by Crippen LogP contribution is 2.25. The molecule has 0 aliphatic carbocycles. The molecule has 0 saturated heterocycles. The van der Waals surface area contributed by atoms with E-state index in [4.69, 9.17) is 4.74 Å². The van der Waals surface area contributed by atoms with Gasteiger partial charge in [0.15, 0.2) is 0 Å². The van der Waals surface area contributed by atoms with Crippen molar-refractivity contribution in [1.29, 1.82) is 0 Å². The minimum absolute atomic E-state index is 0.263. The van der Waals surface area contributed by atoms with Gasteiger partial charge in [-0.2, -0.15) is 0 Å². The molecular formula is C20H27N3O4. The van der Waals surface area contributed by atoms with Gasteiger partial charge < -0.3 is 15.4 Å². The summed E-state index contributed by atoms with van der Waals surface area (Å²) in [6, 6.07) is 7.08. The molecule has 146 valence electrons. The quantitative estimate of drug-likeness (QED) is 0.608. The first-order chi connectivity index (χ1) is 12.7. The lowest BCUT2D eigenvalue weighted by molar-refractivity contribution is -0.127. The Balaban J connectivity index is 2.09. The van der Waals surface area contributed by atoms with Crippen LogP contribution in [0.15, 0.2) is 36.9 Å². The van der Waals surface area contributed by atoms with E-state index in [0.717, 1.165) is 11.1 Å². The van der Waals surface area contributed by atoms with Crippen molar-refractivity contribution in [3.63, 3.8) is 0 Å². The van der Waals surface area contributed by atoms with E-state index in [9.17, 15) is 14.4 Å². The molecule has 0 unspecified atom stereocenters. The van der Waals surface area contributed by atoms with E-state index in [1.165, 1.54) is 11.0 Å². The summed E-state index contributed by atoms with van der Waals surface area (Å²) in [5.41, 5.74) is 1.40. The predicted molar refractivity (Wildman–Crippen MR) is 102 cm³/mol. The molecule has 2 N–H and O–H groups in total. The average molecular weight is 373 g/mol. The van der Waals surface area contributed by atoms with Crippen molar-refractivity contribution in [3.8, 4) is 0 Å². The summed E-state index contributed by atoms with van der Waals surface area (Å²) in [7, 11) is 0. The second kappa shape index (κ2) is 8.70. The van der Waals surface area contributed by atoms with Crippen molar-refractivity contribution >= 4 is 17.9 Å². The Kier molecular flexibility index (Phi) is 6.60. The zero-order valence-corrected chi connectivity index (χ0v) is 16.1. The highest BCUT2D eigenvalue weighted by molar-refractivity contribution is 5.87. The van der Waals surface area contributed by atoms with E-state index in [0.29, 0.717) is 13.0 Å². The fraction of sp³-hybridized carbons (Fsp3) is 0.450. The number of fused-ring (bicyclic) bond motifs is 1. The molecule has 1 aliphatic rings. The second-order valence-corrected chi connectivity index (χ2v) is 7.38. The molecule has 1 atom stereocenters. The standard InChI is InChI=1S/C20H27N3O4/c1-5-17(24)21-10-11-22-18(25)16-12-14-8-6-7-9-15(14)13-23(16)19(26)27-20(2,3)4/h5-9,16H,1,10-13H2,2-4H3,(H,21,24)(H,22,25)/t16-/m1/s1. The molecule has 0 bridgehead atoms. The fourth-order valence-electron chi connectivity index (χ4n) is 2.83. The number of hydrogen-bond donors (Lipinski definition) is 2. The highest BCUT2D eigenvalue weighted by atomic mass is 16.6. The van der Waals surface area contributed by atoms with E-state index in [1.54, 1.807) is 20.8 Å². The van der Waals surface area contributed by atoms with Gasteiger partial charge in [0.1, 0.15) is 11.6 Å². The Hall–Kier alpha value is -2.83. The van der Waals surface area contributed by atoms with Gasteiger partial charge in [0.2, 0.25) is 11.8 Å². The van der Waals surface area contributed by atoms with Crippen molar-refractivity contribution in [2.75, 3.05) is 13.1 Å². The van der Waals surface area contributed by atoms with Crippen LogP contribution in [0.1, 0.15) is 31.9 Å². The minimum Gasteiger partial charge on any atom is -0.444 e. The van der Waals surface area contributed by atoms with Gasteiger partial charge in [0.25, 0.3) is 0 Å². The lowest BCUT2D eigenvalue weighted by atomic mass is 9.94. The van der Waals surface area contributed by atoms with Crippen LogP contribution in [-0.2, 0) is 27.3 Å². The van der Waals surface area contributed by atoms with Crippen molar-refractivity contribution < 1.29 is 19.1 Å². The van der Waals surface area contributed by atoms with Crippen molar-refractivity contribution in [1.82, 2.24) is 15.5 Å². The summed E-state index contributed by atoms with van der Waals surface area (Å²) in [4.78, 5) is 38.0. The normalized spacial score (nSPS) is 16.1. The zero-order chi connectivity index (χ0) is 20.0. The average Bonchev–Trinajstić information content (AvgIpc) is 2.62. The number of nitrogens with one attached hydrogen (secondary N) is 2. The van der Waals surface area contributed by atoms with Crippen molar-refractivity contribution in [2.45, 2.75) is 45.4 Å². The van der Waals surface area contributed by atoms with Crippen LogP contribution in [0.25, 0.3) is 0 Å². The van der Waals surface area contributed by atoms with Gasteiger partial charge in [-0.3, -0.25) is 14.5 Å². The first-order valence-electron chi connectivity index (χ1n) is 8.95. The lowest BCUT2D eigenvalue weighted by Crippen LogP contribution is -2.54. The first kappa shape index (κ1) is 20.5. The summed E-state index contributed by atoms with van der Waals surface area (Å²) >= 11 is 0. The monoisotopic (exact) mass is 373 g/mol. The van der Waals surface area contributed by atoms with Crippen LogP contribution in [0.5, 0.6) is 0 Å². The second-order valence-electron chi connectivity index (χ2n) is 7.38. The number of ether oxygens (including phenoxy) is 1. The number of nitrogens with zero attached hydrogens (tertiary/aromatic N) is 1. The number of carbonyl (C=O) groups is 3. The van der Waals surface area contributed by atoms with Crippen LogP contribution in [0.4, 0.5) is 4.79 Å². The Morgan fingerprint density at radius 2 is 1.81 bits per heavy atom. The van der Waals surface area contributed by atoms with Crippen LogP contribution in [0.2, 0.25) is 0 Å². The summed E-state index contributed by atoms with van der Waals surface area (Å²) in [5.74, 6) is -0.575. The third kappa shape index (κ3) is 5.84. The third-order valence-electron chi connectivity index (χ3n) is 4.09. The Labute approximate surface area is 159 Å². The third-order valence-corrected chi connectivity index (χ3v) is 4.09. The van der Waals surface area contributed by atoms with E-state index in [2.05, 4.69) is 17.2 Å². The number of carbonyl (C=O) groups excluding carboxylic acids is 3. The molecule has 1 aliphatic heterocycles. The van der Waals surface area contributed by atoms with Crippen molar-refractivity contribution in [3.05, 3.63) is 48.0 Å². The fourth-order valence-corrected chi connectivity index (χ4v) is 2.83.